The van der Waals surface area contributed by atoms with Crippen molar-refractivity contribution in [2.75, 3.05) is 11.0 Å². The Morgan fingerprint density at radius 1 is 0.958 bits per heavy atom. The van der Waals surface area contributed by atoms with Crippen molar-refractivity contribution in [1.29, 1.82) is 0 Å². The molecule has 1 saturated heterocycles. The number of nitrogens with zero attached hydrogens (tertiary/aromatic N) is 1. The van der Waals surface area contributed by atoms with E-state index in [4.69, 9.17) is 20.1 Å². The summed E-state index contributed by atoms with van der Waals surface area (Å²) in [6.45, 7) is 8.44. The lowest BCUT2D eigenvalue weighted by Gasteiger charge is -2.26. The van der Waals surface area contributed by atoms with Crippen molar-refractivity contribution in [3.05, 3.63) is 54.1 Å². The zero-order chi connectivity index (χ0) is 17.4. The van der Waals surface area contributed by atoms with Crippen molar-refractivity contribution < 1.29 is 14.4 Å². The molecule has 2 aromatic rings. The number of hydrogen-bond acceptors (Lipinski definition) is 5. The van der Waals surface area contributed by atoms with Crippen LogP contribution in [0.25, 0.3) is 0 Å². The van der Waals surface area contributed by atoms with Gasteiger partial charge in [0.15, 0.2) is 0 Å². The summed E-state index contributed by atoms with van der Waals surface area (Å²) in [5, 5.41) is 1.42. The SMILES string of the molecule is CC1(C)ON(c2cc(N)cc(OCc3ccccc3)c2)OC1(C)C. The van der Waals surface area contributed by atoms with Crippen LogP contribution >= 0.6 is 0 Å². The Bertz CT molecular complexity index is 698. The molecule has 1 fully saturated rings. The van der Waals surface area contributed by atoms with Gasteiger partial charge in [0.2, 0.25) is 0 Å². The number of hydrogen-bond donors (Lipinski definition) is 1. The first-order valence-electron chi connectivity index (χ1n) is 8.02. The van der Waals surface area contributed by atoms with E-state index in [1.165, 1.54) is 5.23 Å². The van der Waals surface area contributed by atoms with E-state index in [1.807, 2.05) is 64.1 Å². The third-order valence-corrected chi connectivity index (χ3v) is 4.44. The lowest BCUT2D eigenvalue weighted by molar-refractivity contribution is -0.0273. The van der Waals surface area contributed by atoms with E-state index in [-0.39, 0.29) is 0 Å². The van der Waals surface area contributed by atoms with Gasteiger partial charge in [0.1, 0.15) is 29.2 Å². The van der Waals surface area contributed by atoms with Crippen LogP contribution in [0.15, 0.2) is 48.5 Å². The first-order chi connectivity index (χ1) is 11.3. The molecular formula is C19H24N2O3. The molecule has 0 amide bonds. The summed E-state index contributed by atoms with van der Waals surface area (Å²) < 4.78 is 5.86. The molecule has 5 nitrogen and oxygen atoms in total. The minimum atomic E-state index is -0.456. The Morgan fingerprint density at radius 2 is 1.58 bits per heavy atom. The van der Waals surface area contributed by atoms with Crippen LogP contribution in [0.5, 0.6) is 5.75 Å². The fraction of sp³-hybridized carbons (Fsp3) is 0.368. The Morgan fingerprint density at radius 3 is 2.21 bits per heavy atom. The van der Waals surface area contributed by atoms with Crippen molar-refractivity contribution in [1.82, 2.24) is 0 Å². The van der Waals surface area contributed by atoms with E-state index in [9.17, 15) is 0 Å². The van der Waals surface area contributed by atoms with Gasteiger partial charge in [-0.25, -0.2) is 9.68 Å². The van der Waals surface area contributed by atoms with Crippen LogP contribution in [0.4, 0.5) is 11.4 Å². The highest BCUT2D eigenvalue weighted by Gasteiger charge is 2.50. The molecule has 0 spiro atoms. The molecule has 0 saturated carbocycles. The number of anilines is 2. The van der Waals surface area contributed by atoms with Crippen LogP contribution in [0.1, 0.15) is 33.3 Å². The third kappa shape index (κ3) is 3.32. The van der Waals surface area contributed by atoms with Gasteiger partial charge in [-0.2, -0.15) is 0 Å². The number of rotatable bonds is 4. The fourth-order valence-corrected chi connectivity index (χ4v) is 2.29. The van der Waals surface area contributed by atoms with Gasteiger partial charge in [-0.15, -0.1) is 5.23 Å². The minimum Gasteiger partial charge on any atom is -0.489 e. The standard InChI is InChI=1S/C19H24N2O3/c1-18(2)19(3,4)24-21(23-18)16-10-15(20)11-17(12-16)22-13-14-8-6-5-7-9-14/h5-12H,13,20H2,1-4H3. The van der Waals surface area contributed by atoms with E-state index < -0.39 is 11.2 Å². The summed E-state index contributed by atoms with van der Waals surface area (Å²) in [6, 6.07) is 15.4. The second kappa shape index (κ2) is 6.00. The highest BCUT2D eigenvalue weighted by Crippen LogP contribution is 2.41. The molecule has 0 aromatic heterocycles. The molecular weight excluding hydrogens is 304 g/mol. The van der Waals surface area contributed by atoms with E-state index in [1.54, 1.807) is 12.1 Å². The number of benzene rings is 2. The Kier molecular flexibility index (Phi) is 4.15. The lowest BCUT2D eigenvalue weighted by atomic mass is 9.90. The van der Waals surface area contributed by atoms with Crippen molar-refractivity contribution >= 4 is 11.4 Å². The molecule has 2 aromatic carbocycles. The molecule has 0 atom stereocenters. The summed E-state index contributed by atoms with van der Waals surface area (Å²) >= 11 is 0. The zero-order valence-electron chi connectivity index (χ0n) is 14.6. The van der Waals surface area contributed by atoms with Gasteiger partial charge in [-0.3, -0.25) is 0 Å². The third-order valence-electron chi connectivity index (χ3n) is 4.44. The molecule has 2 N–H and O–H groups in total. The highest BCUT2D eigenvalue weighted by molar-refractivity contribution is 5.59. The van der Waals surface area contributed by atoms with Gasteiger partial charge < -0.3 is 10.5 Å². The molecule has 1 aliphatic heterocycles. The summed E-state index contributed by atoms with van der Waals surface area (Å²) in [4.78, 5) is 11.8. The van der Waals surface area contributed by atoms with Crippen LogP contribution in [0, 0.1) is 0 Å². The first kappa shape index (κ1) is 16.6. The van der Waals surface area contributed by atoms with Crippen LogP contribution in [0.2, 0.25) is 0 Å². The number of nitrogens with two attached hydrogens (primary N) is 1. The second-order valence-corrected chi connectivity index (χ2v) is 6.99. The quantitative estimate of drug-likeness (QED) is 0.857. The Labute approximate surface area is 142 Å². The smallest absolute Gasteiger partial charge is 0.124 e. The van der Waals surface area contributed by atoms with Crippen LogP contribution in [-0.4, -0.2) is 11.2 Å². The van der Waals surface area contributed by atoms with E-state index in [0.717, 1.165) is 5.56 Å². The number of nitrogen functional groups attached to an aromatic ring is 1. The average Bonchev–Trinajstić information content (AvgIpc) is 2.74. The molecule has 24 heavy (non-hydrogen) atoms. The largest absolute Gasteiger partial charge is 0.489 e. The Balaban J connectivity index is 1.77. The lowest BCUT2D eigenvalue weighted by Crippen LogP contribution is -2.41. The molecule has 1 aliphatic rings. The molecule has 128 valence electrons. The monoisotopic (exact) mass is 328 g/mol. The zero-order valence-corrected chi connectivity index (χ0v) is 14.6. The highest BCUT2D eigenvalue weighted by atomic mass is 17.0. The van der Waals surface area contributed by atoms with E-state index in [0.29, 0.717) is 23.7 Å². The summed E-state index contributed by atoms with van der Waals surface area (Å²) in [5.74, 6) is 0.670. The molecule has 0 bridgehead atoms. The Hall–Kier alpha value is -2.24. The second-order valence-electron chi connectivity index (χ2n) is 6.99. The van der Waals surface area contributed by atoms with Crippen LogP contribution < -0.4 is 15.7 Å². The summed E-state index contributed by atoms with van der Waals surface area (Å²) in [6.07, 6.45) is 0. The molecule has 0 aliphatic carbocycles. The summed E-state index contributed by atoms with van der Waals surface area (Å²) in [7, 11) is 0. The van der Waals surface area contributed by atoms with Crippen LogP contribution in [0.3, 0.4) is 0 Å². The maximum absolute atomic E-state index is 6.01. The summed E-state index contributed by atoms with van der Waals surface area (Å²) in [5.41, 5.74) is 7.49. The normalized spacial score (nSPS) is 18.6. The van der Waals surface area contributed by atoms with Gasteiger partial charge >= 0.3 is 0 Å². The average molecular weight is 328 g/mol. The van der Waals surface area contributed by atoms with E-state index >= 15 is 0 Å². The maximum atomic E-state index is 6.01. The molecule has 1 heterocycles. The fourth-order valence-electron chi connectivity index (χ4n) is 2.29. The van der Waals surface area contributed by atoms with Gasteiger partial charge in [0.25, 0.3) is 0 Å². The molecule has 0 unspecified atom stereocenters. The van der Waals surface area contributed by atoms with Crippen molar-refractivity contribution in [3.8, 4) is 5.75 Å². The number of ether oxygens (including phenoxy) is 1. The topological polar surface area (TPSA) is 57.0 Å². The van der Waals surface area contributed by atoms with E-state index in [2.05, 4.69) is 0 Å². The minimum absolute atomic E-state index is 0.456. The van der Waals surface area contributed by atoms with Crippen molar-refractivity contribution in [2.24, 2.45) is 0 Å². The van der Waals surface area contributed by atoms with Crippen LogP contribution in [-0.2, 0) is 16.3 Å². The maximum Gasteiger partial charge on any atom is 0.124 e. The van der Waals surface area contributed by atoms with Gasteiger partial charge in [0.05, 0.1) is 0 Å². The van der Waals surface area contributed by atoms with Gasteiger partial charge in [0, 0.05) is 17.8 Å². The first-order valence-corrected chi connectivity index (χ1v) is 8.02. The molecule has 3 rings (SSSR count). The van der Waals surface area contributed by atoms with Gasteiger partial charge in [-0.05, 0) is 39.3 Å². The predicted octanol–water partition coefficient (Wildman–Crippen LogP) is 4.09. The van der Waals surface area contributed by atoms with Gasteiger partial charge in [-0.1, -0.05) is 30.3 Å². The van der Waals surface area contributed by atoms with Crippen molar-refractivity contribution in [3.63, 3.8) is 0 Å². The molecule has 5 heteroatoms. The predicted molar refractivity (Wildman–Crippen MR) is 94.4 cm³/mol. The molecule has 0 radical (unpaired) electrons. The van der Waals surface area contributed by atoms with Crippen molar-refractivity contribution in [2.45, 2.75) is 45.5 Å².